The van der Waals surface area contributed by atoms with Crippen LogP contribution in [0.1, 0.15) is 39.2 Å². The first kappa shape index (κ1) is 17.9. The van der Waals surface area contributed by atoms with Crippen LogP contribution < -0.4 is 21.5 Å². The number of nitrogens with zero attached hydrogens (tertiary/aromatic N) is 1. The van der Waals surface area contributed by atoms with Crippen LogP contribution in [0, 0.1) is 5.92 Å². The Morgan fingerprint density at radius 2 is 2.00 bits per heavy atom. The molecule has 1 aromatic carbocycles. The third-order valence-corrected chi connectivity index (χ3v) is 3.89. The van der Waals surface area contributed by atoms with Crippen LogP contribution in [0.25, 0.3) is 10.8 Å². The monoisotopic (exact) mass is 377 g/mol. The lowest BCUT2D eigenvalue weighted by Gasteiger charge is -2.19. The van der Waals surface area contributed by atoms with Gasteiger partial charge in [-0.05, 0) is 50.6 Å². The van der Waals surface area contributed by atoms with Crippen molar-refractivity contribution >= 4 is 16.7 Å². The summed E-state index contributed by atoms with van der Waals surface area (Å²) in [4.78, 5) is 12.1. The molecular weight excluding hydrogens is 354 g/mol. The van der Waals surface area contributed by atoms with Gasteiger partial charge in [-0.1, -0.05) is 12.1 Å². The highest BCUT2D eigenvalue weighted by molar-refractivity contribution is 5.87. The van der Waals surface area contributed by atoms with Crippen LogP contribution in [-0.2, 0) is 22.5 Å². The van der Waals surface area contributed by atoms with Crippen LogP contribution >= 0.6 is 0 Å². The number of aromatic nitrogens is 1. The van der Waals surface area contributed by atoms with E-state index in [9.17, 15) is 4.79 Å². The van der Waals surface area contributed by atoms with Crippen LogP contribution in [0.4, 0.5) is 0 Å². The van der Waals surface area contributed by atoms with Gasteiger partial charge in [0.25, 0.3) is 0 Å². The topological polar surface area (TPSA) is 30.2 Å². The predicted octanol–water partition coefficient (Wildman–Crippen LogP) is 0.426. The average Bonchev–Trinajstić information content (AvgIpc) is 3.20. The molecule has 0 atom stereocenters. The summed E-state index contributed by atoms with van der Waals surface area (Å²) in [6, 6.07) is 8.26. The van der Waals surface area contributed by atoms with Gasteiger partial charge < -0.3 is 21.7 Å². The number of hydrogen-bond acceptors (Lipinski definition) is 2. The lowest BCUT2D eigenvalue weighted by Crippen LogP contribution is -3.00. The van der Waals surface area contributed by atoms with Crippen LogP contribution in [-0.4, -0.2) is 11.6 Å². The zero-order valence-electron chi connectivity index (χ0n) is 14.0. The van der Waals surface area contributed by atoms with E-state index in [1.807, 2.05) is 32.9 Å². The van der Waals surface area contributed by atoms with E-state index in [2.05, 4.69) is 29.1 Å². The van der Waals surface area contributed by atoms with E-state index in [1.54, 1.807) is 0 Å². The summed E-state index contributed by atoms with van der Waals surface area (Å²) >= 11 is 0. The van der Waals surface area contributed by atoms with Crippen LogP contribution in [0.3, 0.4) is 0 Å². The smallest absolute Gasteiger partial charge is 0.310 e. The number of pyridine rings is 1. The predicted molar refractivity (Wildman–Crippen MR) is 86.4 cm³/mol. The number of fused-ring (bicyclic) bond motifs is 1. The lowest BCUT2D eigenvalue weighted by atomic mass is 10.0. The zero-order chi connectivity index (χ0) is 15.7. The van der Waals surface area contributed by atoms with Crippen LogP contribution in [0.15, 0.2) is 36.7 Å². The molecule has 0 saturated heterocycles. The molecule has 0 spiro atoms. The number of esters is 1. The molecule has 1 heterocycles. The van der Waals surface area contributed by atoms with Gasteiger partial charge in [-0.2, -0.15) is 0 Å². The van der Waals surface area contributed by atoms with Crippen molar-refractivity contribution in [3.8, 4) is 0 Å². The Labute approximate surface area is 148 Å². The molecule has 0 radical (unpaired) electrons. The number of carbonyl (C=O) groups is 1. The molecule has 0 N–H and O–H groups in total. The molecule has 1 saturated carbocycles. The molecular formula is C19H24BrNO2. The maximum absolute atomic E-state index is 12.1. The van der Waals surface area contributed by atoms with Gasteiger partial charge in [-0.25, -0.2) is 4.57 Å². The largest absolute Gasteiger partial charge is 1.00 e. The quantitative estimate of drug-likeness (QED) is 0.571. The molecule has 0 bridgehead atoms. The third kappa shape index (κ3) is 5.03. The molecule has 3 nitrogen and oxygen atoms in total. The molecule has 0 aliphatic heterocycles. The van der Waals surface area contributed by atoms with Crippen molar-refractivity contribution in [3.63, 3.8) is 0 Å². The van der Waals surface area contributed by atoms with E-state index >= 15 is 0 Å². The van der Waals surface area contributed by atoms with Crippen molar-refractivity contribution in [1.29, 1.82) is 0 Å². The van der Waals surface area contributed by atoms with Gasteiger partial charge in [0, 0.05) is 17.4 Å². The number of benzene rings is 1. The van der Waals surface area contributed by atoms with Crippen molar-refractivity contribution < 1.29 is 31.1 Å². The van der Waals surface area contributed by atoms with E-state index in [-0.39, 0.29) is 23.0 Å². The van der Waals surface area contributed by atoms with Gasteiger partial charge >= 0.3 is 5.97 Å². The molecule has 0 unspecified atom stereocenters. The first-order chi connectivity index (χ1) is 10.4. The Hall–Kier alpha value is -1.42. The molecule has 1 aliphatic carbocycles. The number of carbonyl (C=O) groups excluding carboxylic acids is 1. The second-order valence-corrected chi connectivity index (χ2v) is 7.27. The maximum atomic E-state index is 12.1. The van der Waals surface area contributed by atoms with Crippen molar-refractivity contribution in [2.24, 2.45) is 5.92 Å². The Bertz CT molecular complexity index is 702. The lowest BCUT2D eigenvalue weighted by molar-refractivity contribution is -0.698. The number of ether oxygens (including phenoxy) is 1. The number of halogens is 1. The summed E-state index contributed by atoms with van der Waals surface area (Å²) in [5.74, 6) is 0.683. The summed E-state index contributed by atoms with van der Waals surface area (Å²) in [6.45, 7) is 6.80. The van der Waals surface area contributed by atoms with Crippen molar-refractivity contribution in [1.82, 2.24) is 0 Å². The molecule has 1 fully saturated rings. The minimum Gasteiger partial charge on any atom is -1.00 e. The Kier molecular flexibility index (Phi) is 5.45. The fraction of sp³-hybridized carbons (Fsp3) is 0.474. The summed E-state index contributed by atoms with van der Waals surface area (Å²) in [5.41, 5.74) is 0.597. The van der Waals surface area contributed by atoms with Crippen LogP contribution in [0.2, 0.25) is 0 Å². The molecule has 1 aliphatic rings. The first-order valence-corrected chi connectivity index (χ1v) is 8.03. The third-order valence-electron chi connectivity index (χ3n) is 3.89. The summed E-state index contributed by atoms with van der Waals surface area (Å²) in [7, 11) is 0. The van der Waals surface area contributed by atoms with E-state index in [1.165, 1.54) is 18.2 Å². The Morgan fingerprint density at radius 1 is 1.26 bits per heavy atom. The van der Waals surface area contributed by atoms with Gasteiger partial charge in [0.15, 0.2) is 18.9 Å². The fourth-order valence-electron chi connectivity index (χ4n) is 2.74. The molecule has 0 amide bonds. The molecule has 4 heteroatoms. The molecule has 3 rings (SSSR count). The summed E-state index contributed by atoms with van der Waals surface area (Å²) in [6.07, 6.45) is 7.33. The van der Waals surface area contributed by atoms with E-state index in [4.69, 9.17) is 4.74 Å². The second kappa shape index (κ2) is 7.00. The maximum Gasteiger partial charge on any atom is 0.310 e. The minimum absolute atomic E-state index is 0. The second-order valence-electron chi connectivity index (χ2n) is 7.27. The fourth-order valence-corrected chi connectivity index (χ4v) is 2.74. The van der Waals surface area contributed by atoms with Gasteiger partial charge in [0.2, 0.25) is 0 Å². The zero-order valence-corrected chi connectivity index (χ0v) is 15.6. The van der Waals surface area contributed by atoms with E-state index in [0.29, 0.717) is 6.42 Å². The number of hydrogen-bond donors (Lipinski definition) is 0. The van der Waals surface area contributed by atoms with Gasteiger partial charge in [0.1, 0.15) is 5.60 Å². The Morgan fingerprint density at radius 3 is 2.65 bits per heavy atom. The van der Waals surface area contributed by atoms with Gasteiger partial charge in [0.05, 0.1) is 6.42 Å². The summed E-state index contributed by atoms with van der Waals surface area (Å²) in [5, 5.41) is 2.32. The normalized spacial score (nSPS) is 14.4. The number of rotatable bonds is 4. The average molecular weight is 378 g/mol. The Balaban J connectivity index is 0.00000192. The molecule has 2 aromatic rings. The van der Waals surface area contributed by atoms with Crippen LogP contribution in [0.5, 0.6) is 0 Å². The molecule has 23 heavy (non-hydrogen) atoms. The minimum atomic E-state index is -0.436. The van der Waals surface area contributed by atoms with Crippen molar-refractivity contribution in [3.05, 3.63) is 42.2 Å². The van der Waals surface area contributed by atoms with E-state index < -0.39 is 5.60 Å². The van der Waals surface area contributed by atoms with Gasteiger partial charge in [-0.15, -0.1) is 0 Å². The van der Waals surface area contributed by atoms with E-state index in [0.717, 1.165) is 23.4 Å². The SMILES string of the molecule is CC(C)(C)OC(=O)Cc1cccc2c[n+](CC3CC3)ccc12.[Br-]. The first-order valence-electron chi connectivity index (χ1n) is 8.03. The highest BCUT2D eigenvalue weighted by Crippen LogP contribution is 2.29. The summed E-state index contributed by atoms with van der Waals surface area (Å²) < 4.78 is 7.69. The molecule has 124 valence electrons. The standard InChI is InChI=1S/C19H24NO2.BrH/c1-19(2,3)22-18(21)11-15-5-4-6-16-13-20(10-9-17(15)16)12-14-7-8-14;/h4-6,9-10,13-14H,7-8,11-12H2,1-3H3;1H/q+1;/p-1. The van der Waals surface area contributed by atoms with Crippen molar-refractivity contribution in [2.75, 3.05) is 0 Å². The highest BCUT2D eigenvalue weighted by atomic mass is 79.9. The van der Waals surface area contributed by atoms with Crippen molar-refractivity contribution in [2.45, 2.75) is 52.2 Å². The van der Waals surface area contributed by atoms with Gasteiger partial charge in [-0.3, -0.25) is 4.79 Å². The highest BCUT2D eigenvalue weighted by Gasteiger charge is 2.26. The molecule has 1 aromatic heterocycles.